The first kappa shape index (κ1) is 21.0. The quantitative estimate of drug-likeness (QED) is 0.388. The van der Waals surface area contributed by atoms with Gasteiger partial charge in [0.1, 0.15) is 6.54 Å². The van der Waals surface area contributed by atoms with E-state index in [9.17, 15) is 9.59 Å². The smallest absolute Gasteiger partial charge is 0.325 e. The summed E-state index contributed by atoms with van der Waals surface area (Å²) >= 11 is 7.55. The van der Waals surface area contributed by atoms with Crippen molar-refractivity contribution >= 4 is 45.0 Å². The molecule has 1 amide bonds. The van der Waals surface area contributed by atoms with Crippen LogP contribution in [0.4, 0.5) is 0 Å². The molecule has 0 atom stereocenters. The number of thiazole rings is 1. The van der Waals surface area contributed by atoms with Crippen LogP contribution in [0.1, 0.15) is 22.8 Å². The van der Waals surface area contributed by atoms with Crippen LogP contribution in [0.5, 0.6) is 0 Å². The van der Waals surface area contributed by atoms with Crippen LogP contribution in [0.2, 0.25) is 5.02 Å². The fourth-order valence-corrected chi connectivity index (χ4v) is 4.21. The van der Waals surface area contributed by atoms with E-state index < -0.39 is 5.97 Å². The summed E-state index contributed by atoms with van der Waals surface area (Å²) < 4.78 is 7.64. The Kier molecular flexibility index (Phi) is 6.29. The van der Waals surface area contributed by atoms with Crippen LogP contribution in [-0.4, -0.2) is 44.7 Å². The average Bonchev–Trinajstić information content (AvgIpc) is 3.40. The first-order valence-electron chi connectivity index (χ1n) is 9.63. The molecule has 0 aliphatic carbocycles. The number of nitrogens with zero attached hydrogens (tertiary/aromatic N) is 4. The fourth-order valence-electron chi connectivity index (χ4n) is 3.10. The van der Waals surface area contributed by atoms with Crippen LogP contribution < -0.4 is 0 Å². The molecule has 2 aromatic heterocycles. The topological polar surface area (TPSA) is 77.3 Å². The second-order valence-electron chi connectivity index (χ2n) is 6.73. The van der Waals surface area contributed by atoms with Crippen molar-refractivity contribution < 1.29 is 14.3 Å². The maximum Gasteiger partial charge on any atom is 0.325 e. The number of benzene rings is 2. The van der Waals surface area contributed by atoms with E-state index in [0.29, 0.717) is 15.7 Å². The van der Waals surface area contributed by atoms with E-state index in [4.69, 9.17) is 16.3 Å². The second-order valence-corrected chi connectivity index (χ2v) is 8.18. The van der Waals surface area contributed by atoms with Crippen molar-refractivity contribution in [2.24, 2.45) is 0 Å². The highest BCUT2D eigenvalue weighted by Gasteiger charge is 2.22. The zero-order chi connectivity index (χ0) is 21.8. The largest absolute Gasteiger partial charge is 0.465 e. The highest BCUT2D eigenvalue weighted by molar-refractivity contribution is 7.20. The van der Waals surface area contributed by atoms with Gasteiger partial charge in [0.15, 0.2) is 0 Å². The Morgan fingerprint density at radius 3 is 2.81 bits per heavy atom. The van der Waals surface area contributed by atoms with E-state index in [1.54, 1.807) is 36.0 Å². The Hall–Kier alpha value is -3.23. The third kappa shape index (κ3) is 4.92. The number of hydrogen-bond donors (Lipinski definition) is 0. The fraction of sp³-hybridized carbons (Fsp3) is 0.182. The third-order valence-electron chi connectivity index (χ3n) is 4.48. The van der Waals surface area contributed by atoms with E-state index >= 15 is 0 Å². The molecular formula is C22H19ClN4O3S. The zero-order valence-electron chi connectivity index (χ0n) is 16.7. The lowest BCUT2D eigenvalue weighted by atomic mass is 10.2. The number of carbonyl (C=O) groups is 2. The molecule has 0 saturated heterocycles. The summed E-state index contributed by atoms with van der Waals surface area (Å²) in [5.74, 6) is -0.808. The summed E-state index contributed by atoms with van der Waals surface area (Å²) in [5, 5.41) is 5.52. The van der Waals surface area contributed by atoms with Gasteiger partial charge in [0.05, 0.1) is 28.6 Å². The van der Waals surface area contributed by atoms with Gasteiger partial charge in [-0.3, -0.25) is 9.59 Å². The number of amides is 1. The molecule has 158 valence electrons. The molecule has 0 spiro atoms. The van der Waals surface area contributed by atoms with Crippen molar-refractivity contribution in [3.8, 4) is 5.13 Å². The maximum atomic E-state index is 13.2. The van der Waals surface area contributed by atoms with Crippen molar-refractivity contribution in [2.45, 2.75) is 13.5 Å². The molecule has 4 aromatic rings. The van der Waals surface area contributed by atoms with Gasteiger partial charge in [0.2, 0.25) is 5.13 Å². The second kappa shape index (κ2) is 9.28. The number of halogens is 1. The molecule has 31 heavy (non-hydrogen) atoms. The molecule has 2 heterocycles. The van der Waals surface area contributed by atoms with E-state index in [1.807, 2.05) is 30.3 Å². The van der Waals surface area contributed by atoms with E-state index in [2.05, 4.69) is 10.1 Å². The lowest BCUT2D eigenvalue weighted by Crippen LogP contribution is -2.36. The van der Waals surface area contributed by atoms with Crippen LogP contribution in [0.15, 0.2) is 60.9 Å². The molecule has 7 nitrogen and oxygen atoms in total. The van der Waals surface area contributed by atoms with Crippen molar-refractivity contribution in [1.82, 2.24) is 19.7 Å². The third-order valence-corrected chi connectivity index (χ3v) is 5.74. The monoisotopic (exact) mass is 454 g/mol. The first-order valence-corrected chi connectivity index (χ1v) is 10.8. The minimum atomic E-state index is -0.476. The van der Waals surface area contributed by atoms with Crippen LogP contribution in [0, 0.1) is 0 Å². The highest BCUT2D eigenvalue weighted by atomic mass is 35.5. The predicted molar refractivity (Wildman–Crippen MR) is 120 cm³/mol. The number of fused-ring (bicyclic) bond motifs is 1. The molecule has 0 fully saturated rings. The van der Waals surface area contributed by atoms with E-state index in [1.165, 1.54) is 22.4 Å². The van der Waals surface area contributed by atoms with Gasteiger partial charge in [-0.15, -0.1) is 0 Å². The molecule has 4 rings (SSSR count). The first-order chi connectivity index (χ1) is 15.0. The standard InChI is InChI=1S/C22H19ClN4O3S/c1-2-30-20(28)14-26(12-15-6-5-7-17(23)10-15)21(29)16-11-24-27(13-16)22-25-18-8-3-4-9-19(18)31-22/h3-11,13H,2,12,14H2,1H3. The van der Waals surface area contributed by atoms with Gasteiger partial charge < -0.3 is 9.64 Å². The zero-order valence-corrected chi connectivity index (χ0v) is 18.3. The van der Waals surface area contributed by atoms with Gasteiger partial charge >= 0.3 is 5.97 Å². The maximum absolute atomic E-state index is 13.2. The van der Waals surface area contributed by atoms with Crippen LogP contribution in [0.3, 0.4) is 0 Å². The Bertz CT molecular complexity index is 1200. The van der Waals surface area contributed by atoms with Crippen molar-refractivity contribution in [3.63, 3.8) is 0 Å². The molecule has 2 aromatic carbocycles. The average molecular weight is 455 g/mol. The molecule has 0 bridgehead atoms. The van der Waals surface area contributed by atoms with Gasteiger partial charge in [-0.1, -0.05) is 47.2 Å². The van der Waals surface area contributed by atoms with Gasteiger partial charge in [-0.2, -0.15) is 5.10 Å². The molecule has 0 aliphatic rings. The Labute approximate surface area is 187 Å². The van der Waals surface area contributed by atoms with Crippen molar-refractivity contribution in [1.29, 1.82) is 0 Å². The Morgan fingerprint density at radius 2 is 2.03 bits per heavy atom. The summed E-state index contributed by atoms with van der Waals surface area (Å²) in [4.78, 5) is 31.3. The van der Waals surface area contributed by atoms with Gasteiger partial charge in [-0.05, 0) is 36.8 Å². The lowest BCUT2D eigenvalue weighted by molar-refractivity contribution is -0.143. The van der Waals surface area contributed by atoms with Gasteiger partial charge in [-0.25, -0.2) is 9.67 Å². The molecule has 0 saturated carbocycles. The molecule has 0 N–H and O–H groups in total. The summed E-state index contributed by atoms with van der Waals surface area (Å²) in [6.07, 6.45) is 3.10. The predicted octanol–water partition coefficient (Wildman–Crippen LogP) is 4.34. The normalized spacial score (nSPS) is 10.9. The summed E-state index contributed by atoms with van der Waals surface area (Å²) in [6.45, 7) is 2.01. The summed E-state index contributed by atoms with van der Waals surface area (Å²) in [6, 6.07) is 15.0. The lowest BCUT2D eigenvalue weighted by Gasteiger charge is -2.21. The summed E-state index contributed by atoms with van der Waals surface area (Å²) in [7, 11) is 0. The molecule has 9 heteroatoms. The Morgan fingerprint density at radius 1 is 1.19 bits per heavy atom. The minimum Gasteiger partial charge on any atom is -0.465 e. The summed E-state index contributed by atoms with van der Waals surface area (Å²) in [5.41, 5.74) is 2.03. The number of esters is 1. The van der Waals surface area contributed by atoms with Crippen LogP contribution >= 0.6 is 22.9 Å². The van der Waals surface area contributed by atoms with Gasteiger partial charge in [0, 0.05) is 17.8 Å². The van der Waals surface area contributed by atoms with Gasteiger partial charge in [0.25, 0.3) is 5.91 Å². The number of carbonyl (C=O) groups excluding carboxylic acids is 2. The molecule has 0 radical (unpaired) electrons. The van der Waals surface area contributed by atoms with Crippen molar-refractivity contribution in [3.05, 3.63) is 77.1 Å². The number of ether oxygens (including phenoxy) is 1. The SMILES string of the molecule is CCOC(=O)CN(Cc1cccc(Cl)c1)C(=O)c1cnn(-c2nc3ccccc3s2)c1. The molecule has 0 unspecified atom stereocenters. The van der Waals surface area contributed by atoms with E-state index in [0.717, 1.165) is 15.8 Å². The van der Waals surface area contributed by atoms with E-state index in [-0.39, 0.29) is 25.6 Å². The Balaban J connectivity index is 1.59. The van der Waals surface area contributed by atoms with Crippen molar-refractivity contribution in [2.75, 3.05) is 13.2 Å². The van der Waals surface area contributed by atoms with Crippen LogP contribution in [0.25, 0.3) is 15.3 Å². The number of aromatic nitrogens is 3. The molecule has 0 aliphatic heterocycles. The minimum absolute atomic E-state index is 0.175. The number of para-hydroxylation sites is 1. The molecular weight excluding hydrogens is 436 g/mol. The highest BCUT2D eigenvalue weighted by Crippen LogP contribution is 2.24. The number of rotatable bonds is 7. The number of hydrogen-bond acceptors (Lipinski definition) is 6. The van der Waals surface area contributed by atoms with Crippen LogP contribution in [-0.2, 0) is 16.1 Å².